The third-order valence-corrected chi connectivity index (χ3v) is 3.43. The van der Waals surface area contributed by atoms with Crippen molar-refractivity contribution in [3.05, 3.63) is 35.6 Å². The maximum atomic E-state index is 13.7. The van der Waals surface area contributed by atoms with Gasteiger partial charge in [-0.2, -0.15) is 0 Å². The van der Waals surface area contributed by atoms with Crippen LogP contribution >= 0.6 is 0 Å². The Kier molecular flexibility index (Phi) is 3.77. The fourth-order valence-corrected chi connectivity index (χ4v) is 2.70. The fraction of sp³-hybridized carbons (Fsp3) is 0.500. The third kappa shape index (κ3) is 3.05. The van der Waals surface area contributed by atoms with Crippen molar-refractivity contribution in [1.82, 2.24) is 5.32 Å². The molecule has 0 saturated heterocycles. The summed E-state index contributed by atoms with van der Waals surface area (Å²) in [6.45, 7) is 1.53. The molecular weight excluding hydrogens is 217 g/mol. The SMILES string of the molecule is CC(=O)N[C@H]1CCC[C@@H](c2ccccc2F)C1. The lowest BCUT2D eigenvalue weighted by atomic mass is 9.81. The van der Waals surface area contributed by atoms with Crippen LogP contribution in [0.5, 0.6) is 0 Å². The molecule has 1 aromatic carbocycles. The van der Waals surface area contributed by atoms with Crippen LogP contribution < -0.4 is 5.32 Å². The molecular formula is C14H18FNO. The van der Waals surface area contributed by atoms with Crippen molar-refractivity contribution in [1.29, 1.82) is 0 Å². The van der Waals surface area contributed by atoms with Gasteiger partial charge in [0, 0.05) is 13.0 Å². The van der Waals surface area contributed by atoms with E-state index < -0.39 is 0 Å². The van der Waals surface area contributed by atoms with Crippen LogP contribution in [0.1, 0.15) is 44.1 Å². The maximum absolute atomic E-state index is 13.7. The fourth-order valence-electron chi connectivity index (χ4n) is 2.70. The van der Waals surface area contributed by atoms with Crippen LogP contribution in [0.15, 0.2) is 24.3 Å². The van der Waals surface area contributed by atoms with Crippen LogP contribution in [0, 0.1) is 5.82 Å². The first-order valence-electron chi connectivity index (χ1n) is 6.18. The van der Waals surface area contributed by atoms with Gasteiger partial charge >= 0.3 is 0 Å². The molecule has 1 fully saturated rings. The van der Waals surface area contributed by atoms with Crippen LogP contribution in [0.25, 0.3) is 0 Å². The van der Waals surface area contributed by atoms with Crippen LogP contribution in [0.3, 0.4) is 0 Å². The first kappa shape index (κ1) is 12.1. The number of carbonyl (C=O) groups is 1. The molecule has 0 unspecified atom stereocenters. The van der Waals surface area contributed by atoms with Gasteiger partial charge in [-0.3, -0.25) is 4.79 Å². The van der Waals surface area contributed by atoms with Gasteiger partial charge in [-0.1, -0.05) is 24.6 Å². The molecule has 0 bridgehead atoms. The highest BCUT2D eigenvalue weighted by molar-refractivity contribution is 5.73. The van der Waals surface area contributed by atoms with Crippen molar-refractivity contribution >= 4 is 5.91 Å². The van der Waals surface area contributed by atoms with Gasteiger partial charge in [-0.25, -0.2) is 4.39 Å². The van der Waals surface area contributed by atoms with E-state index in [0.29, 0.717) is 0 Å². The lowest BCUT2D eigenvalue weighted by molar-refractivity contribution is -0.119. The average Bonchev–Trinajstić information content (AvgIpc) is 2.29. The summed E-state index contributed by atoms with van der Waals surface area (Å²) in [5.74, 6) is 0.118. The minimum atomic E-state index is -0.124. The number of benzene rings is 1. The Labute approximate surface area is 101 Å². The van der Waals surface area contributed by atoms with E-state index in [2.05, 4.69) is 5.32 Å². The topological polar surface area (TPSA) is 29.1 Å². The molecule has 0 heterocycles. The van der Waals surface area contributed by atoms with E-state index in [-0.39, 0.29) is 23.7 Å². The quantitative estimate of drug-likeness (QED) is 0.839. The number of amides is 1. The smallest absolute Gasteiger partial charge is 0.217 e. The molecule has 0 radical (unpaired) electrons. The largest absolute Gasteiger partial charge is 0.354 e. The summed E-state index contributed by atoms with van der Waals surface area (Å²) in [7, 11) is 0. The van der Waals surface area contributed by atoms with Crippen LogP contribution in [-0.2, 0) is 4.79 Å². The van der Waals surface area contributed by atoms with Gasteiger partial charge in [-0.15, -0.1) is 0 Å². The summed E-state index contributed by atoms with van der Waals surface area (Å²) in [6, 6.07) is 7.16. The molecule has 1 saturated carbocycles. The summed E-state index contributed by atoms with van der Waals surface area (Å²) < 4.78 is 13.7. The maximum Gasteiger partial charge on any atom is 0.217 e. The van der Waals surface area contributed by atoms with Crippen molar-refractivity contribution < 1.29 is 9.18 Å². The number of hydrogen-bond donors (Lipinski definition) is 1. The van der Waals surface area contributed by atoms with E-state index in [9.17, 15) is 9.18 Å². The van der Waals surface area contributed by atoms with Gasteiger partial charge in [0.05, 0.1) is 0 Å². The molecule has 1 N–H and O–H groups in total. The number of carbonyl (C=O) groups excluding carboxylic acids is 1. The van der Waals surface area contributed by atoms with E-state index >= 15 is 0 Å². The van der Waals surface area contributed by atoms with Crippen molar-refractivity contribution in [3.8, 4) is 0 Å². The minimum Gasteiger partial charge on any atom is -0.354 e. The Morgan fingerprint density at radius 2 is 2.12 bits per heavy atom. The highest BCUT2D eigenvalue weighted by Crippen LogP contribution is 2.34. The molecule has 2 nitrogen and oxygen atoms in total. The molecule has 17 heavy (non-hydrogen) atoms. The van der Waals surface area contributed by atoms with Crippen LogP contribution in [0.4, 0.5) is 4.39 Å². The summed E-state index contributed by atoms with van der Waals surface area (Å²) in [4.78, 5) is 11.0. The minimum absolute atomic E-state index is 0.00387. The normalized spacial score (nSPS) is 24.4. The summed E-state index contributed by atoms with van der Waals surface area (Å²) in [6.07, 6.45) is 3.91. The molecule has 1 aliphatic rings. The predicted molar refractivity (Wildman–Crippen MR) is 65.2 cm³/mol. The average molecular weight is 235 g/mol. The van der Waals surface area contributed by atoms with Crippen LogP contribution in [-0.4, -0.2) is 11.9 Å². The Morgan fingerprint density at radius 3 is 2.82 bits per heavy atom. The van der Waals surface area contributed by atoms with E-state index in [0.717, 1.165) is 31.2 Å². The van der Waals surface area contributed by atoms with Gasteiger partial charge in [0.1, 0.15) is 5.82 Å². The zero-order valence-corrected chi connectivity index (χ0v) is 10.1. The Balaban J connectivity index is 2.07. The summed E-state index contributed by atoms with van der Waals surface area (Å²) in [5, 5.41) is 2.94. The zero-order valence-electron chi connectivity index (χ0n) is 10.1. The first-order chi connectivity index (χ1) is 8.16. The van der Waals surface area contributed by atoms with E-state index in [1.807, 2.05) is 12.1 Å². The van der Waals surface area contributed by atoms with Gasteiger partial charge in [0.2, 0.25) is 5.91 Å². The molecule has 2 atom stereocenters. The van der Waals surface area contributed by atoms with Gasteiger partial charge < -0.3 is 5.32 Å². The molecule has 1 aliphatic carbocycles. The Morgan fingerprint density at radius 1 is 1.35 bits per heavy atom. The Bertz CT molecular complexity index is 405. The third-order valence-electron chi connectivity index (χ3n) is 3.43. The standard InChI is InChI=1S/C14H18FNO/c1-10(17)16-12-6-4-5-11(9-12)13-7-2-3-8-14(13)15/h2-3,7-8,11-12H,4-6,9H2,1H3,(H,16,17)/t11-,12+/m1/s1. The summed E-state index contributed by atoms with van der Waals surface area (Å²) in [5.41, 5.74) is 0.794. The van der Waals surface area contributed by atoms with Gasteiger partial charge in [0.15, 0.2) is 0 Å². The van der Waals surface area contributed by atoms with Gasteiger partial charge in [0.25, 0.3) is 0 Å². The van der Waals surface area contributed by atoms with Crippen molar-refractivity contribution in [2.75, 3.05) is 0 Å². The van der Waals surface area contributed by atoms with Crippen molar-refractivity contribution in [2.24, 2.45) is 0 Å². The number of hydrogen-bond acceptors (Lipinski definition) is 1. The molecule has 0 aromatic heterocycles. The molecule has 2 rings (SSSR count). The second kappa shape index (κ2) is 5.30. The zero-order chi connectivity index (χ0) is 12.3. The second-order valence-electron chi connectivity index (χ2n) is 4.78. The Hall–Kier alpha value is -1.38. The van der Waals surface area contributed by atoms with E-state index in [1.54, 1.807) is 6.07 Å². The van der Waals surface area contributed by atoms with E-state index in [1.165, 1.54) is 13.0 Å². The van der Waals surface area contributed by atoms with Gasteiger partial charge in [-0.05, 0) is 36.8 Å². The summed E-state index contributed by atoms with van der Waals surface area (Å²) >= 11 is 0. The molecule has 3 heteroatoms. The van der Waals surface area contributed by atoms with Crippen LogP contribution in [0.2, 0.25) is 0 Å². The number of halogens is 1. The molecule has 0 aliphatic heterocycles. The van der Waals surface area contributed by atoms with Crippen molar-refractivity contribution in [2.45, 2.75) is 44.6 Å². The highest BCUT2D eigenvalue weighted by atomic mass is 19.1. The predicted octanol–water partition coefficient (Wildman–Crippen LogP) is 2.99. The molecule has 92 valence electrons. The first-order valence-corrected chi connectivity index (χ1v) is 6.18. The molecule has 1 aromatic rings. The van der Waals surface area contributed by atoms with E-state index in [4.69, 9.17) is 0 Å². The number of rotatable bonds is 2. The monoisotopic (exact) mass is 235 g/mol. The molecule has 0 spiro atoms. The number of nitrogens with one attached hydrogen (secondary N) is 1. The molecule has 1 amide bonds. The van der Waals surface area contributed by atoms with Crippen molar-refractivity contribution in [3.63, 3.8) is 0 Å². The second-order valence-corrected chi connectivity index (χ2v) is 4.78. The lowest BCUT2D eigenvalue weighted by Crippen LogP contribution is -2.36. The highest BCUT2D eigenvalue weighted by Gasteiger charge is 2.25. The lowest BCUT2D eigenvalue weighted by Gasteiger charge is -2.30.